The van der Waals surface area contributed by atoms with Crippen LogP contribution in [0, 0.1) is 11.3 Å². The van der Waals surface area contributed by atoms with Crippen LogP contribution in [-0.2, 0) is 0 Å². The number of fused-ring (bicyclic) bond motifs is 1. The molecule has 0 bridgehead atoms. The summed E-state index contributed by atoms with van der Waals surface area (Å²) < 4.78 is 0. The normalized spacial score (nSPS) is 13.2. The van der Waals surface area contributed by atoms with E-state index in [1.165, 1.54) is 0 Å². The molecule has 0 saturated carbocycles. The molecule has 2 heterocycles. The lowest BCUT2D eigenvalue weighted by molar-refractivity contribution is 0.935. The molecule has 0 saturated heterocycles. The molecular formula is C20H18N4. The Morgan fingerprint density at radius 1 is 1.38 bits per heavy atom. The van der Waals surface area contributed by atoms with Crippen molar-refractivity contribution in [2.45, 2.75) is 6.42 Å². The lowest BCUT2D eigenvalue weighted by Crippen LogP contribution is -2.28. The summed E-state index contributed by atoms with van der Waals surface area (Å²) in [6.45, 7) is 8.68. The number of nitrogens with zero attached hydrogens (tertiary/aromatic N) is 2. The summed E-state index contributed by atoms with van der Waals surface area (Å²) in [6, 6.07) is 9.91. The molecule has 24 heavy (non-hydrogen) atoms. The third-order valence-corrected chi connectivity index (χ3v) is 3.98. The number of nitriles is 1. The maximum atomic E-state index is 9.12. The van der Waals surface area contributed by atoms with E-state index in [2.05, 4.69) is 35.3 Å². The summed E-state index contributed by atoms with van der Waals surface area (Å²) in [4.78, 5) is 7.69. The van der Waals surface area contributed by atoms with Gasteiger partial charge in [-0.1, -0.05) is 37.4 Å². The van der Waals surface area contributed by atoms with Gasteiger partial charge in [0.05, 0.1) is 5.57 Å². The first-order valence-electron chi connectivity index (χ1n) is 7.68. The van der Waals surface area contributed by atoms with E-state index in [0.29, 0.717) is 5.57 Å². The zero-order chi connectivity index (χ0) is 17.1. The van der Waals surface area contributed by atoms with E-state index >= 15 is 0 Å². The third kappa shape index (κ3) is 2.92. The Balaban J connectivity index is 2.01. The highest BCUT2D eigenvalue weighted by molar-refractivity contribution is 5.80. The molecule has 0 unspecified atom stereocenters. The highest BCUT2D eigenvalue weighted by Gasteiger charge is 2.09. The zero-order valence-electron chi connectivity index (χ0n) is 13.3. The molecule has 0 atom stereocenters. The van der Waals surface area contributed by atoms with Crippen LogP contribution in [0.15, 0.2) is 59.9 Å². The summed E-state index contributed by atoms with van der Waals surface area (Å²) >= 11 is 0. The minimum atomic E-state index is 0.262. The largest absolute Gasteiger partial charge is 0.398 e. The van der Waals surface area contributed by atoms with Gasteiger partial charge in [-0.3, -0.25) is 4.99 Å². The lowest BCUT2D eigenvalue weighted by atomic mass is 9.97. The molecule has 3 rings (SSSR count). The van der Waals surface area contributed by atoms with Crippen molar-refractivity contribution in [1.82, 2.24) is 4.98 Å². The average molecular weight is 314 g/mol. The van der Waals surface area contributed by atoms with Gasteiger partial charge in [-0.15, -0.1) is 0 Å². The van der Waals surface area contributed by atoms with Crippen molar-refractivity contribution in [3.8, 4) is 6.07 Å². The molecule has 1 aromatic carbocycles. The van der Waals surface area contributed by atoms with Crippen LogP contribution in [0.4, 0.5) is 0 Å². The number of rotatable bonds is 4. The van der Waals surface area contributed by atoms with Crippen LogP contribution in [0.25, 0.3) is 17.7 Å². The molecular weight excluding hydrogens is 296 g/mol. The van der Waals surface area contributed by atoms with E-state index < -0.39 is 0 Å². The van der Waals surface area contributed by atoms with Crippen LogP contribution in [0.3, 0.4) is 0 Å². The van der Waals surface area contributed by atoms with Crippen LogP contribution in [0.2, 0.25) is 0 Å². The van der Waals surface area contributed by atoms with Gasteiger partial charge in [0.25, 0.3) is 0 Å². The molecule has 0 radical (unpaired) electrons. The molecule has 4 nitrogen and oxygen atoms in total. The van der Waals surface area contributed by atoms with Crippen molar-refractivity contribution < 1.29 is 0 Å². The van der Waals surface area contributed by atoms with Crippen molar-refractivity contribution in [2.24, 2.45) is 10.7 Å². The predicted molar refractivity (Wildman–Crippen MR) is 97.0 cm³/mol. The molecule has 0 fully saturated rings. The smallest absolute Gasteiger partial charge is 0.132 e. The first kappa shape index (κ1) is 15.6. The van der Waals surface area contributed by atoms with E-state index in [1.54, 1.807) is 6.08 Å². The second kappa shape index (κ2) is 6.43. The molecule has 1 aliphatic heterocycles. The van der Waals surface area contributed by atoms with E-state index in [9.17, 15) is 0 Å². The molecule has 1 aliphatic rings. The second-order valence-corrected chi connectivity index (χ2v) is 5.64. The Bertz CT molecular complexity index is 1010. The van der Waals surface area contributed by atoms with Gasteiger partial charge in [0.1, 0.15) is 11.6 Å². The number of benzene rings is 1. The van der Waals surface area contributed by atoms with E-state index in [4.69, 9.17) is 11.0 Å². The Morgan fingerprint density at radius 2 is 2.21 bits per heavy atom. The summed E-state index contributed by atoms with van der Waals surface area (Å²) in [5.74, 6) is 0. The maximum absolute atomic E-state index is 9.12. The minimum absolute atomic E-state index is 0.262. The van der Waals surface area contributed by atoms with Crippen molar-refractivity contribution in [3.63, 3.8) is 0 Å². The van der Waals surface area contributed by atoms with Crippen molar-refractivity contribution in [1.29, 1.82) is 5.26 Å². The number of aromatic amines is 1. The van der Waals surface area contributed by atoms with Gasteiger partial charge in [0, 0.05) is 29.2 Å². The topological polar surface area (TPSA) is 78.0 Å². The van der Waals surface area contributed by atoms with Crippen LogP contribution >= 0.6 is 0 Å². The number of H-pyrrole nitrogens is 1. The summed E-state index contributed by atoms with van der Waals surface area (Å²) in [6.07, 6.45) is 6.81. The van der Waals surface area contributed by atoms with Crippen LogP contribution < -0.4 is 16.4 Å². The highest BCUT2D eigenvalue weighted by Crippen LogP contribution is 2.21. The fourth-order valence-corrected chi connectivity index (χ4v) is 2.73. The summed E-state index contributed by atoms with van der Waals surface area (Å²) in [5, 5.41) is 10.2. The number of nitrogens with one attached hydrogen (secondary N) is 1. The van der Waals surface area contributed by atoms with Gasteiger partial charge in [0.15, 0.2) is 0 Å². The first-order valence-corrected chi connectivity index (χ1v) is 7.68. The van der Waals surface area contributed by atoms with Crippen molar-refractivity contribution in [2.75, 3.05) is 6.54 Å². The van der Waals surface area contributed by atoms with Crippen LogP contribution in [-0.4, -0.2) is 11.5 Å². The van der Waals surface area contributed by atoms with Crippen molar-refractivity contribution >= 4 is 17.7 Å². The monoisotopic (exact) mass is 314 g/mol. The van der Waals surface area contributed by atoms with Crippen LogP contribution in [0.5, 0.6) is 0 Å². The molecule has 3 N–H and O–H groups in total. The number of nitrogens with two attached hydrogens (primary N) is 1. The third-order valence-electron chi connectivity index (χ3n) is 3.98. The SMILES string of the molecule is C=C(N)/C(C#N)=C/c1cccc(C(=C)c2c[nH]c3c2=CCCN=3)c1. The average Bonchev–Trinajstić information content (AvgIpc) is 3.03. The van der Waals surface area contributed by atoms with Gasteiger partial charge in [0.2, 0.25) is 0 Å². The van der Waals surface area contributed by atoms with Gasteiger partial charge < -0.3 is 10.7 Å². The van der Waals surface area contributed by atoms with E-state index in [-0.39, 0.29) is 5.70 Å². The molecule has 0 amide bonds. The maximum Gasteiger partial charge on any atom is 0.132 e. The quantitative estimate of drug-likeness (QED) is 0.671. The Kier molecular flexibility index (Phi) is 4.17. The zero-order valence-corrected chi connectivity index (χ0v) is 13.3. The number of aromatic nitrogens is 1. The van der Waals surface area contributed by atoms with Crippen LogP contribution in [0.1, 0.15) is 23.1 Å². The Hall–Kier alpha value is -3.32. The van der Waals surface area contributed by atoms with E-state index in [1.807, 2.05) is 30.5 Å². The molecule has 0 aliphatic carbocycles. The highest BCUT2D eigenvalue weighted by atomic mass is 14.8. The fourth-order valence-electron chi connectivity index (χ4n) is 2.73. The standard InChI is InChI=1S/C20H18N4/c1-13(19-12-24-20-18(19)7-4-8-23-20)16-6-3-5-15(9-16)10-17(11-21)14(2)22/h3,5-7,9-10,12H,1-2,4,8,22H2,(H,23,24)/b17-10+. The molecule has 0 spiro atoms. The second-order valence-electron chi connectivity index (χ2n) is 5.64. The van der Waals surface area contributed by atoms with Gasteiger partial charge in [-0.25, -0.2) is 0 Å². The molecule has 118 valence electrons. The number of allylic oxidation sites excluding steroid dienone is 1. The first-order chi connectivity index (χ1) is 11.6. The van der Waals surface area contributed by atoms with Gasteiger partial charge in [-0.2, -0.15) is 5.26 Å². The van der Waals surface area contributed by atoms with E-state index in [0.717, 1.165) is 45.9 Å². The number of hydrogen-bond acceptors (Lipinski definition) is 3. The molecule has 1 aromatic heterocycles. The van der Waals surface area contributed by atoms with Gasteiger partial charge >= 0.3 is 0 Å². The molecule has 4 heteroatoms. The lowest BCUT2D eigenvalue weighted by Gasteiger charge is -2.07. The van der Waals surface area contributed by atoms with Gasteiger partial charge in [-0.05, 0) is 35.3 Å². The minimum Gasteiger partial charge on any atom is -0.398 e. The Morgan fingerprint density at radius 3 is 2.96 bits per heavy atom. The fraction of sp³-hybridized carbons (Fsp3) is 0.100. The summed E-state index contributed by atoms with van der Waals surface area (Å²) in [5.41, 5.74) is 11.0. The van der Waals surface area contributed by atoms with Crippen molar-refractivity contribution in [3.05, 3.63) is 82.3 Å². The summed E-state index contributed by atoms with van der Waals surface area (Å²) in [7, 11) is 0. The molecule has 2 aromatic rings. The predicted octanol–water partition coefficient (Wildman–Crippen LogP) is 2.26. The number of hydrogen-bond donors (Lipinski definition) is 2. The Labute approximate surface area is 140 Å².